The molecule has 25 heavy (non-hydrogen) atoms. The van der Waals surface area contributed by atoms with Crippen molar-refractivity contribution in [3.05, 3.63) is 57.8 Å². The minimum absolute atomic E-state index is 0.0344. The molecule has 2 atom stereocenters. The van der Waals surface area contributed by atoms with E-state index in [-0.39, 0.29) is 18.0 Å². The average molecular weight is 356 g/mol. The first-order chi connectivity index (χ1) is 12.3. The molecule has 0 bridgehead atoms. The van der Waals surface area contributed by atoms with Crippen LogP contribution in [0.15, 0.2) is 41.8 Å². The van der Waals surface area contributed by atoms with Crippen molar-refractivity contribution in [3.8, 4) is 0 Å². The first kappa shape index (κ1) is 16.8. The lowest BCUT2D eigenvalue weighted by molar-refractivity contribution is -0.140. The van der Waals surface area contributed by atoms with Crippen molar-refractivity contribution in [3.63, 3.8) is 0 Å². The largest absolute Gasteiger partial charge is 0.379 e. The van der Waals surface area contributed by atoms with E-state index in [2.05, 4.69) is 45.5 Å². The normalized spacial score (nSPS) is 22.4. The van der Waals surface area contributed by atoms with Crippen molar-refractivity contribution in [2.45, 2.75) is 25.4 Å². The molecule has 0 saturated carbocycles. The van der Waals surface area contributed by atoms with Crippen molar-refractivity contribution >= 4 is 17.2 Å². The molecular formula is C20H24N2O2S. The van der Waals surface area contributed by atoms with Crippen molar-refractivity contribution in [1.82, 2.24) is 9.80 Å². The molecule has 2 aromatic rings. The second-order valence-corrected chi connectivity index (χ2v) is 7.72. The smallest absolute Gasteiger partial charge is 0.240 e. The van der Waals surface area contributed by atoms with Gasteiger partial charge in [-0.2, -0.15) is 0 Å². The van der Waals surface area contributed by atoms with Gasteiger partial charge in [-0.15, -0.1) is 11.3 Å². The van der Waals surface area contributed by atoms with Crippen LogP contribution in [0.25, 0.3) is 0 Å². The van der Waals surface area contributed by atoms with Gasteiger partial charge in [-0.05, 0) is 35.9 Å². The maximum atomic E-state index is 13.4. The van der Waals surface area contributed by atoms with Crippen LogP contribution in [0.4, 0.5) is 0 Å². The van der Waals surface area contributed by atoms with Gasteiger partial charge in [-0.25, -0.2) is 0 Å². The van der Waals surface area contributed by atoms with Gasteiger partial charge in [-0.3, -0.25) is 9.69 Å². The molecule has 2 aliphatic heterocycles. The molecule has 5 heteroatoms. The quantitative estimate of drug-likeness (QED) is 0.848. The predicted octanol–water partition coefficient (Wildman–Crippen LogP) is 2.94. The van der Waals surface area contributed by atoms with Crippen LogP contribution >= 0.6 is 11.3 Å². The Morgan fingerprint density at radius 1 is 1.16 bits per heavy atom. The molecule has 2 aliphatic rings. The number of fused-ring (bicyclic) bond motifs is 1. The molecule has 0 N–H and O–H groups in total. The Morgan fingerprint density at radius 2 is 1.92 bits per heavy atom. The summed E-state index contributed by atoms with van der Waals surface area (Å²) >= 11 is 1.81. The van der Waals surface area contributed by atoms with E-state index in [4.69, 9.17) is 4.74 Å². The van der Waals surface area contributed by atoms with Crippen molar-refractivity contribution in [2.24, 2.45) is 0 Å². The third-order valence-corrected chi connectivity index (χ3v) is 6.31. The molecule has 4 nitrogen and oxygen atoms in total. The minimum Gasteiger partial charge on any atom is -0.379 e. The van der Waals surface area contributed by atoms with E-state index in [9.17, 15) is 4.79 Å². The topological polar surface area (TPSA) is 32.8 Å². The Labute approximate surface area is 153 Å². The summed E-state index contributed by atoms with van der Waals surface area (Å²) in [5, 5.41) is 2.15. The SMILES string of the molecule is CC(C(=O)N1CCc2sccc2C1c1ccccc1)N1CCOCC1. The number of carbonyl (C=O) groups excluding carboxylic acids is 1. The fourth-order valence-corrected chi connectivity index (χ4v) is 4.81. The molecule has 4 rings (SSSR count). The number of benzene rings is 1. The number of amides is 1. The highest BCUT2D eigenvalue weighted by molar-refractivity contribution is 7.10. The van der Waals surface area contributed by atoms with Gasteiger partial charge in [0.15, 0.2) is 0 Å². The lowest BCUT2D eigenvalue weighted by Gasteiger charge is -2.40. The Bertz CT molecular complexity index is 724. The zero-order valence-electron chi connectivity index (χ0n) is 14.6. The van der Waals surface area contributed by atoms with Crippen LogP contribution in [-0.4, -0.2) is 54.6 Å². The molecule has 1 fully saturated rings. The van der Waals surface area contributed by atoms with Crippen LogP contribution < -0.4 is 0 Å². The maximum Gasteiger partial charge on any atom is 0.240 e. The van der Waals surface area contributed by atoms with Gasteiger partial charge in [0.05, 0.1) is 25.3 Å². The summed E-state index contributed by atoms with van der Waals surface area (Å²) in [6.45, 7) is 5.93. The van der Waals surface area contributed by atoms with E-state index in [1.807, 2.05) is 24.3 Å². The molecule has 1 aromatic carbocycles. The van der Waals surface area contributed by atoms with Crippen molar-refractivity contribution < 1.29 is 9.53 Å². The lowest BCUT2D eigenvalue weighted by atomic mass is 9.92. The number of carbonyl (C=O) groups is 1. The monoisotopic (exact) mass is 356 g/mol. The third kappa shape index (κ3) is 3.24. The second-order valence-electron chi connectivity index (χ2n) is 6.72. The zero-order chi connectivity index (χ0) is 17.2. The average Bonchev–Trinajstić information content (AvgIpc) is 3.16. The summed E-state index contributed by atoms with van der Waals surface area (Å²) in [4.78, 5) is 19.1. The first-order valence-electron chi connectivity index (χ1n) is 8.99. The van der Waals surface area contributed by atoms with E-state index in [1.54, 1.807) is 0 Å². The molecule has 0 spiro atoms. The molecule has 2 unspecified atom stereocenters. The number of morpholine rings is 1. The molecular weight excluding hydrogens is 332 g/mol. The van der Waals surface area contributed by atoms with Gasteiger partial charge in [-0.1, -0.05) is 30.3 Å². The van der Waals surface area contributed by atoms with Gasteiger partial charge in [0, 0.05) is 24.5 Å². The zero-order valence-corrected chi connectivity index (χ0v) is 15.4. The van der Waals surface area contributed by atoms with Gasteiger partial charge >= 0.3 is 0 Å². The summed E-state index contributed by atoms with van der Waals surface area (Å²) in [6.07, 6.45) is 0.956. The van der Waals surface area contributed by atoms with Crippen LogP contribution in [0.5, 0.6) is 0 Å². The van der Waals surface area contributed by atoms with Crippen LogP contribution in [0.2, 0.25) is 0 Å². The third-order valence-electron chi connectivity index (χ3n) is 5.32. The molecule has 1 aromatic heterocycles. The van der Waals surface area contributed by atoms with Crippen LogP contribution in [0, 0.1) is 0 Å². The van der Waals surface area contributed by atoms with E-state index >= 15 is 0 Å². The predicted molar refractivity (Wildman–Crippen MR) is 99.9 cm³/mol. The summed E-state index contributed by atoms with van der Waals surface area (Å²) in [7, 11) is 0. The standard InChI is InChI=1S/C20H24N2O2S/c1-15(21-10-12-24-13-11-21)20(23)22-9-7-18-17(8-14-25-18)19(22)16-5-3-2-4-6-16/h2-6,8,14-15,19H,7,9-13H2,1H3. The van der Waals surface area contributed by atoms with E-state index in [0.717, 1.165) is 26.1 Å². The summed E-state index contributed by atoms with van der Waals surface area (Å²) < 4.78 is 5.44. The highest BCUT2D eigenvalue weighted by Crippen LogP contribution is 2.38. The van der Waals surface area contributed by atoms with E-state index < -0.39 is 0 Å². The van der Waals surface area contributed by atoms with Crippen molar-refractivity contribution in [1.29, 1.82) is 0 Å². The van der Waals surface area contributed by atoms with Gasteiger partial charge in [0.2, 0.25) is 5.91 Å². The molecule has 3 heterocycles. The van der Waals surface area contributed by atoms with Crippen LogP contribution in [-0.2, 0) is 16.0 Å². The highest BCUT2D eigenvalue weighted by Gasteiger charge is 2.36. The van der Waals surface area contributed by atoms with Crippen molar-refractivity contribution in [2.75, 3.05) is 32.8 Å². The molecule has 132 valence electrons. The first-order valence-corrected chi connectivity index (χ1v) is 9.87. The van der Waals surface area contributed by atoms with Gasteiger partial charge < -0.3 is 9.64 Å². The maximum absolute atomic E-state index is 13.4. The Hall–Kier alpha value is -1.69. The van der Waals surface area contributed by atoms with Gasteiger partial charge in [0.1, 0.15) is 0 Å². The Kier molecular flexibility index (Phi) is 4.88. The lowest BCUT2D eigenvalue weighted by Crippen LogP contribution is -2.52. The van der Waals surface area contributed by atoms with Crippen LogP contribution in [0.3, 0.4) is 0 Å². The van der Waals surface area contributed by atoms with Crippen LogP contribution in [0.1, 0.15) is 29.0 Å². The number of rotatable bonds is 3. The number of thiophene rings is 1. The van der Waals surface area contributed by atoms with E-state index in [1.165, 1.54) is 16.0 Å². The fraction of sp³-hybridized carbons (Fsp3) is 0.450. The highest BCUT2D eigenvalue weighted by atomic mass is 32.1. The number of hydrogen-bond acceptors (Lipinski definition) is 4. The second kappa shape index (κ2) is 7.28. The molecule has 0 aliphatic carbocycles. The fourth-order valence-electron chi connectivity index (χ4n) is 3.91. The molecule has 1 amide bonds. The van der Waals surface area contributed by atoms with E-state index in [0.29, 0.717) is 13.2 Å². The summed E-state index contributed by atoms with van der Waals surface area (Å²) in [6, 6.07) is 12.5. The summed E-state index contributed by atoms with van der Waals surface area (Å²) in [5.41, 5.74) is 2.49. The minimum atomic E-state index is -0.102. The number of nitrogens with zero attached hydrogens (tertiary/aromatic N) is 2. The summed E-state index contributed by atoms with van der Waals surface area (Å²) in [5.74, 6) is 0.229. The Balaban J connectivity index is 1.64. The van der Waals surface area contributed by atoms with Gasteiger partial charge in [0.25, 0.3) is 0 Å². The number of ether oxygens (including phenoxy) is 1. The Morgan fingerprint density at radius 3 is 2.68 bits per heavy atom. The number of hydrogen-bond donors (Lipinski definition) is 0. The molecule has 0 radical (unpaired) electrons. The molecule has 1 saturated heterocycles.